The molecule has 0 radical (unpaired) electrons. The average molecular weight is 282 g/mol. The Hall–Kier alpha value is -2.46. The molecule has 0 fully saturated rings. The van der Waals surface area contributed by atoms with Gasteiger partial charge in [-0.1, -0.05) is 72.9 Å². The maximum Gasteiger partial charge on any atom is 0.187 e. The fourth-order valence-corrected chi connectivity index (χ4v) is 1.78. The van der Waals surface area contributed by atoms with Crippen molar-refractivity contribution >= 4 is 23.0 Å². The first-order valence-electron chi connectivity index (χ1n) is 6.14. The Morgan fingerprint density at radius 3 is 2.05 bits per heavy atom. The third-order valence-electron chi connectivity index (χ3n) is 2.60. The van der Waals surface area contributed by atoms with Crippen LogP contribution in [0.1, 0.15) is 15.9 Å². The van der Waals surface area contributed by atoms with Gasteiger partial charge in [-0.2, -0.15) is 0 Å². The molecule has 0 aliphatic rings. The molecule has 0 unspecified atom stereocenters. The molecule has 0 saturated carbocycles. The monoisotopic (exact) mass is 282 g/mol. The number of ketones is 1. The molecule has 0 heterocycles. The number of hydrogen-bond acceptors (Lipinski definition) is 3. The van der Waals surface area contributed by atoms with Crippen molar-refractivity contribution in [3.8, 4) is 0 Å². The molecular formula is C16H14N2OS. The van der Waals surface area contributed by atoms with Crippen molar-refractivity contribution in [2.75, 3.05) is 0 Å². The number of nitrogens with one attached hydrogen (secondary N) is 2. The van der Waals surface area contributed by atoms with Gasteiger partial charge in [0, 0.05) is 23.4 Å². The van der Waals surface area contributed by atoms with Gasteiger partial charge in [0.05, 0.1) is 0 Å². The van der Waals surface area contributed by atoms with E-state index in [-0.39, 0.29) is 5.78 Å². The summed E-state index contributed by atoms with van der Waals surface area (Å²) >= 11 is 5.20. The van der Waals surface area contributed by atoms with E-state index in [1.54, 1.807) is 12.1 Å². The summed E-state index contributed by atoms with van der Waals surface area (Å²) in [5.41, 5.74) is 7.20. The number of allylic oxidation sites excluding steroid dienone is 1. The largest absolute Gasteiger partial charge is 0.307 e. The maximum absolute atomic E-state index is 11.8. The normalized spacial score (nSPS) is 10.2. The number of rotatable bonds is 5. The van der Waals surface area contributed by atoms with E-state index in [1.807, 2.05) is 48.5 Å². The lowest BCUT2D eigenvalue weighted by Crippen LogP contribution is -2.32. The fourth-order valence-electron chi connectivity index (χ4n) is 1.58. The highest BCUT2D eigenvalue weighted by atomic mass is 32.1. The molecule has 2 rings (SSSR count). The van der Waals surface area contributed by atoms with Crippen molar-refractivity contribution in [3.05, 3.63) is 84.1 Å². The van der Waals surface area contributed by atoms with Crippen molar-refractivity contribution < 1.29 is 4.79 Å². The Morgan fingerprint density at radius 1 is 0.900 bits per heavy atom. The summed E-state index contributed by atoms with van der Waals surface area (Å²) in [5.74, 6) is -0.0643. The minimum atomic E-state index is -0.0643. The quantitative estimate of drug-likeness (QED) is 0.383. The molecule has 2 aromatic carbocycles. The van der Waals surface area contributed by atoms with E-state index in [0.29, 0.717) is 10.6 Å². The first-order valence-corrected chi connectivity index (χ1v) is 6.55. The van der Waals surface area contributed by atoms with E-state index in [0.717, 1.165) is 5.56 Å². The summed E-state index contributed by atoms with van der Waals surface area (Å²) < 4.78 is 0. The Labute approximate surface area is 123 Å². The fraction of sp³-hybridized carbons (Fsp3) is 0. The third-order valence-corrected chi connectivity index (χ3v) is 2.94. The first-order chi connectivity index (χ1) is 9.77. The molecule has 0 atom stereocenters. The SMILES string of the molecule is O=C(C=CNNC(=S)c1ccccc1)c1ccccc1. The number of thiocarbonyl (C=S) groups is 1. The number of hydrogen-bond donors (Lipinski definition) is 2. The third kappa shape index (κ3) is 4.03. The van der Waals surface area contributed by atoms with Crippen LogP contribution in [0, 0.1) is 0 Å². The summed E-state index contributed by atoms with van der Waals surface area (Å²) in [7, 11) is 0. The van der Waals surface area contributed by atoms with Crippen LogP contribution < -0.4 is 10.9 Å². The summed E-state index contributed by atoms with van der Waals surface area (Å²) in [6.45, 7) is 0. The van der Waals surface area contributed by atoms with Crippen LogP contribution in [-0.2, 0) is 0 Å². The second-order valence-corrected chi connectivity index (χ2v) is 4.44. The van der Waals surface area contributed by atoms with Crippen molar-refractivity contribution in [3.63, 3.8) is 0 Å². The highest BCUT2D eigenvalue weighted by molar-refractivity contribution is 7.80. The van der Waals surface area contributed by atoms with Gasteiger partial charge in [0.25, 0.3) is 0 Å². The molecule has 2 aromatic rings. The van der Waals surface area contributed by atoms with Gasteiger partial charge in [0.15, 0.2) is 5.78 Å². The summed E-state index contributed by atoms with van der Waals surface area (Å²) in [6.07, 6.45) is 2.99. The molecule has 0 bridgehead atoms. The van der Waals surface area contributed by atoms with Crippen LogP contribution in [-0.4, -0.2) is 10.8 Å². The molecular weight excluding hydrogens is 268 g/mol. The molecule has 0 aliphatic heterocycles. The molecule has 3 nitrogen and oxygen atoms in total. The first kappa shape index (κ1) is 14.0. The van der Waals surface area contributed by atoms with Gasteiger partial charge in [0.2, 0.25) is 0 Å². The van der Waals surface area contributed by atoms with Crippen molar-refractivity contribution in [1.29, 1.82) is 0 Å². The standard InChI is InChI=1S/C16H14N2OS/c19-15(13-7-3-1-4-8-13)11-12-17-18-16(20)14-9-5-2-6-10-14/h1-12,17H,(H,18,20). The second kappa shape index (κ2) is 7.21. The average Bonchev–Trinajstić information content (AvgIpc) is 2.53. The minimum absolute atomic E-state index is 0.0643. The van der Waals surface area contributed by atoms with Crippen LogP contribution in [0.25, 0.3) is 0 Å². The van der Waals surface area contributed by atoms with Crippen LogP contribution in [0.5, 0.6) is 0 Å². The van der Waals surface area contributed by atoms with E-state index in [9.17, 15) is 4.79 Å². The van der Waals surface area contributed by atoms with E-state index in [1.165, 1.54) is 12.3 Å². The molecule has 0 aromatic heterocycles. The zero-order chi connectivity index (χ0) is 14.2. The molecule has 0 saturated heterocycles. The van der Waals surface area contributed by atoms with Crippen LogP contribution in [0.2, 0.25) is 0 Å². The Bertz CT molecular complexity index is 609. The second-order valence-electron chi connectivity index (χ2n) is 4.03. The topological polar surface area (TPSA) is 41.1 Å². The lowest BCUT2D eigenvalue weighted by molar-refractivity contribution is 0.104. The van der Waals surface area contributed by atoms with Crippen LogP contribution in [0.15, 0.2) is 72.9 Å². The van der Waals surface area contributed by atoms with Crippen molar-refractivity contribution in [2.24, 2.45) is 0 Å². The lowest BCUT2D eigenvalue weighted by atomic mass is 10.1. The summed E-state index contributed by atoms with van der Waals surface area (Å²) in [4.78, 5) is 12.3. The van der Waals surface area contributed by atoms with Gasteiger partial charge >= 0.3 is 0 Å². The number of carbonyl (C=O) groups excluding carboxylic acids is 1. The Morgan fingerprint density at radius 2 is 1.45 bits per heavy atom. The Balaban J connectivity index is 1.83. The van der Waals surface area contributed by atoms with Crippen LogP contribution >= 0.6 is 12.2 Å². The smallest absolute Gasteiger partial charge is 0.187 e. The number of hydrazine groups is 1. The van der Waals surface area contributed by atoms with E-state index >= 15 is 0 Å². The molecule has 4 heteroatoms. The minimum Gasteiger partial charge on any atom is -0.307 e. The van der Waals surface area contributed by atoms with Gasteiger partial charge < -0.3 is 5.43 Å². The highest BCUT2D eigenvalue weighted by Gasteiger charge is 1.99. The van der Waals surface area contributed by atoms with Crippen molar-refractivity contribution in [1.82, 2.24) is 10.9 Å². The van der Waals surface area contributed by atoms with Gasteiger partial charge in [0.1, 0.15) is 4.99 Å². The van der Waals surface area contributed by atoms with Crippen molar-refractivity contribution in [2.45, 2.75) is 0 Å². The van der Waals surface area contributed by atoms with Crippen LogP contribution in [0.3, 0.4) is 0 Å². The van der Waals surface area contributed by atoms with E-state index in [4.69, 9.17) is 12.2 Å². The van der Waals surface area contributed by atoms with Gasteiger partial charge in [-0.05, 0) is 0 Å². The number of carbonyl (C=O) groups is 1. The molecule has 20 heavy (non-hydrogen) atoms. The summed E-state index contributed by atoms with van der Waals surface area (Å²) in [6, 6.07) is 18.7. The highest BCUT2D eigenvalue weighted by Crippen LogP contribution is 2.00. The van der Waals surface area contributed by atoms with Gasteiger partial charge in [-0.25, -0.2) is 0 Å². The lowest BCUT2D eigenvalue weighted by Gasteiger charge is -2.06. The van der Waals surface area contributed by atoms with E-state index < -0.39 is 0 Å². The Kier molecular flexibility index (Phi) is 5.03. The maximum atomic E-state index is 11.8. The predicted octanol–water partition coefficient (Wildman–Crippen LogP) is 2.85. The molecule has 2 N–H and O–H groups in total. The zero-order valence-electron chi connectivity index (χ0n) is 10.7. The van der Waals surface area contributed by atoms with Crippen LogP contribution in [0.4, 0.5) is 0 Å². The number of benzene rings is 2. The summed E-state index contributed by atoms with van der Waals surface area (Å²) in [5, 5.41) is 0. The molecule has 0 amide bonds. The van der Waals surface area contributed by atoms with Gasteiger partial charge in [-0.15, -0.1) is 0 Å². The van der Waals surface area contributed by atoms with E-state index in [2.05, 4.69) is 10.9 Å². The van der Waals surface area contributed by atoms with Gasteiger partial charge in [-0.3, -0.25) is 10.2 Å². The molecule has 0 spiro atoms. The molecule has 0 aliphatic carbocycles. The molecule has 100 valence electrons. The predicted molar refractivity (Wildman–Crippen MR) is 84.3 cm³/mol. The zero-order valence-corrected chi connectivity index (χ0v) is 11.6.